The molecule has 0 radical (unpaired) electrons. The van der Waals surface area contributed by atoms with Gasteiger partial charge in [-0.3, -0.25) is 14.2 Å². The number of benzene rings is 1. The molecule has 0 aliphatic heterocycles. The van der Waals surface area contributed by atoms with Gasteiger partial charge in [0.2, 0.25) is 0 Å². The van der Waals surface area contributed by atoms with Gasteiger partial charge in [-0.1, -0.05) is 19.3 Å². The van der Waals surface area contributed by atoms with Crippen LogP contribution in [0.5, 0.6) is 11.5 Å². The number of fused-ring (bicyclic) bond motifs is 1. The van der Waals surface area contributed by atoms with Crippen molar-refractivity contribution in [1.29, 1.82) is 0 Å². The van der Waals surface area contributed by atoms with E-state index < -0.39 is 0 Å². The van der Waals surface area contributed by atoms with Gasteiger partial charge in [0.1, 0.15) is 16.3 Å². The summed E-state index contributed by atoms with van der Waals surface area (Å²) in [5.74, 6) is 0.836. The molecule has 0 saturated heterocycles. The molecule has 0 spiro atoms. The van der Waals surface area contributed by atoms with Crippen LogP contribution in [0.4, 0.5) is 5.69 Å². The highest BCUT2D eigenvalue weighted by Gasteiger charge is 2.23. The molecule has 3 aromatic rings. The van der Waals surface area contributed by atoms with E-state index in [4.69, 9.17) is 9.47 Å². The summed E-state index contributed by atoms with van der Waals surface area (Å²) in [7, 11) is 3.10. The monoisotopic (exact) mass is 427 g/mol. The zero-order valence-corrected chi connectivity index (χ0v) is 18.2. The first-order chi connectivity index (χ1) is 14.5. The second kappa shape index (κ2) is 8.47. The van der Waals surface area contributed by atoms with Crippen molar-refractivity contribution in [3.8, 4) is 11.5 Å². The summed E-state index contributed by atoms with van der Waals surface area (Å²) in [6.45, 7) is 1.81. The average molecular weight is 428 g/mol. The lowest BCUT2D eigenvalue weighted by molar-refractivity contribution is 0.102. The van der Waals surface area contributed by atoms with Crippen LogP contribution < -0.4 is 20.3 Å². The van der Waals surface area contributed by atoms with E-state index in [0.717, 1.165) is 25.7 Å². The van der Waals surface area contributed by atoms with Crippen molar-refractivity contribution < 1.29 is 14.3 Å². The van der Waals surface area contributed by atoms with E-state index in [-0.39, 0.29) is 17.5 Å². The molecule has 30 heavy (non-hydrogen) atoms. The van der Waals surface area contributed by atoms with Gasteiger partial charge in [-0.15, -0.1) is 11.3 Å². The highest BCUT2D eigenvalue weighted by atomic mass is 32.1. The standard InChI is InChI=1S/C22H25N3O4S/c1-13-18-21(23-12-25(22(18)27)14-7-5-4-6-8-14)30-19(13)20(26)24-16-11-15(28-2)9-10-17(16)29-3/h9-12,14H,4-8H2,1-3H3,(H,24,26). The molecule has 1 saturated carbocycles. The van der Waals surface area contributed by atoms with E-state index >= 15 is 0 Å². The van der Waals surface area contributed by atoms with Crippen molar-refractivity contribution >= 4 is 33.1 Å². The lowest BCUT2D eigenvalue weighted by Crippen LogP contribution is -2.26. The minimum absolute atomic E-state index is 0.0568. The Labute approximate surface area is 178 Å². The second-order valence-electron chi connectivity index (χ2n) is 7.51. The Morgan fingerprint density at radius 3 is 2.67 bits per heavy atom. The second-order valence-corrected chi connectivity index (χ2v) is 8.50. The third kappa shape index (κ3) is 3.67. The average Bonchev–Trinajstić information content (AvgIpc) is 3.12. The van der Waals surface area contributed by atoms with E-state index in [1.54, 1.807) is 43.3 Å². The van der Waals surface area contributed by atoms with Crippen LogP contribution >= 0.6 is 11.3 Å². The van der Waals surface area contributed by atoms with Gasteiger partial charge >= 0.3 is 0 Å². The summed E-state index contributed by atoms with van der Waals surface area (Å²) in [5.41, 5.74) is 1.11. The molecule has 7 nitrogen and oxygen atoms in total. The molecule has 1 aliphatic rings. The zero-order chi connectivity index (χ0) is 21.3. The first-order valence-corrected chi connectivity index (χ1v) is 10.9. The number of hydrogen-bond donors (Lipinski definition) is 1. The minimum Gasteiger partial charge on any atom is -0.497 e. The Kier molecular flexibility index (Phi) is 5.76. The number of methoxy groups -OCH3 is 2. The minimum atomic E-state index is -0.300. The maximum atomic E-state index is 13.2. The lowest BCUT2D eigenvalue weighted by Gasteiger charge is -2.23. The molecule has 1 aromatic carbocycles. The topological polar surface area (TPSA) is 82.4 Å². The molecule has 2 heterocycles. The summed E-state index contributed by atoms with van der Waals surface area (Å²) in [6, 6.07) is 5.39. The number of aryl methyl sites for hydroxylation is 1. The molecule has 1 aliphatic carbocycles. The SMILES string of the molecule is COc1ccc(OC)c(NC(=O)c2sc3ncn(C4CCCCC4)c(=O)c3c2C)c1. The van der Waals surface area contributed by atoms with Crippen molar-refractivity contribution in [2.75, 3.05) is 19.5 Å². The van der Waals surface area contributed by atoms with Crippen molar-refractivity contribution in [2.45, 2.75) is 45.1 Å². The number of aromatic nitrogens is 2. The third-order valence-corrected chi connectivity index (χ3v) is 6.90. The predicted molar refractivity (Wildman–Crippen MR) is 118 cm³/mol. The molecule has 1 fully saturated rings. The third-order valence-electron chi connectivity index (χ3n) is 5.71. The van der Waals surface area contributed by atoms with E-state index in [0.29, 0.717) is 37.8 Å². The lowest BCUT2D eigenvalue weighted by atomic mass is 9.95. The number of ether oxygens (including phenoxy) is 2. The van der Waals surface area contributed by atoms with E-state index in [1.807, 2.05) is 6.92 Å². The number of anilines is 1. The number of hydrogen-bond acceptors (Lipinski definition) is 6. The predicted octanol–water partition coefficient (Wildman–Crippen LogP) is 4.54. The van der Waals surface area contributed by atoms with Crippen LogP contribution in [0.2, 0.25) is 0 Å². The van der Waals surface area contributed by atoms with Gasteiger partial charge in [-0.2, -0.15) is 0 Å². The molecular formula is C22H25N3O4S. The Morgan fingerprint density at radius 1 is 1.20 bits per heavy atom. The zero-order valence-electron chi connectivity index (χ0n) is 17.4. The Morgan fingerprint density at radius 2 is 1.97 bits per heavy atom. The molecule has 0 bridgehead atoms. The van der Waals surface area contributed by atoms with Crippen LogP contribution in [0.3, 0.4) is 0 Å². The van der Waals surface area contributed by atoms with Crippen LogP contribution in [0.15, 0.2) is 29.3 Å². The Bertz CT molecular complexity index is 1150. The smallest absolute Gasteiger partial charge is 0.266 e. The summed E-state index contributed by atoms with van der Waals surface area (Å²) >= 11 is 1.24. The molecule has 2 aromatic heterocycles. The van der Waals surface area contributed by atoms with Gasteiger partial charge in [0.15, 0.2) is 0 Å². The summed E-state index contributed by atoms with van der Waals surface area (Å²) < 4.78 is 12.3. The molecule has 158 valence electrons. The van der Waals surface area contributed by atoms with Gasteiger partial charge in [-0.05, 0) is 37.5 Å². The number of amides is 1. The largest absolute Gasteiger partial charge is 0.497 e. The molecular weight excluding hydrogens is 402 g/mol. The fourth-order valence-corrected chi connectivity index (χ4v) is 5.10. The molecule has 0 unspecified atom stereocenters. The van der Waals surface area contributed by atoms with Gasteiger partial charge in [0.05, 0.1) is 36.5 Å². The van der Waals surface area contributed by atoms with Gasteiger partial charge in [0, 0.05) is 12.1 Å². The van der Waals surface area contributed by atoms with Crippen LogP contribution in [0, 0.1) is 6.92 Å². The van der Waals surface area contributed by atoms with Crippen molar-refractivity contribution in [1.82, 2.24) is 9.55 Å². The maximum Gasteiger partial charge on any atom is 0.266 e. The number of carbonyl (C=O) groups excluding carboxylic acids is 1. The quantitative estimate of drug-likeness (QED) is 0.646. The number of nitrogens with one attached hydrogen (secondary N) is 1. The highest BCUT2D eigenvalue weighted by Crippen LogP contribution is 2.33. The van der Waals surface area contributed by atoms with E-state index in [9.17, 15) is 9.59 Å². The fourth-order valence-electron chi connectivity index (χ4n) is 4.06. The Balaban J connectivity index is 1.70. The van der Waals surface area contributed by atoms with Crippen molar-refractivity contribution in [3.63, 3.8) is 0 Å². The van der Waals surface area contributed by atoms with Crippen molar-refractivity contribution in [2.24, 2.45) is 0 Å². The number of thiophene rings is 1. The van der Waals surface area contributed by atoms with Gasteiger partial charge in [-0.25, -0.2) is 4.98 Å². The van der Waals surface area contributed by atoms with Crippen LogP contribution in [0.1, 0.15) is 53.4 Å². The van der Waals surface area contributed by atoms with Crippen LogP contribution in [-0.2, 0) is 0 Å². The van der Waals surface area contributed by atoms with Crippen molar-refractivity contribution in [3.05, 3.63) is 45.3 Å². The van der Waals surface area contributed by atoms with Gasteiger partial charge in [0.25, 0.3) is 11.5 Å². The summed E-state index contributed by atoms with van der Waals surface area (Å²) in [5, 5.41) is 3.42. The number of nitrogens with zero attached hydrogens (tertiary/aromatic N) is 2. The first-order valence-electron chi connectivity index (χ1n) is 10.1. The maximum absolute atomic E-state index is 13.2. The van der Waals surface area contributed by atoms with Crippen LogP contribution in [-0.4, -0.2) is 29.7 Å². The number of carbonyl (C=O) groups is 1. The molecule has 1 N–H and O–H groups in total. The first kappa shape index (κ1) is 20.4. The molecule has 4 rings (SSSR count). The summed E-state index contributed by atoms with van der Waals surface area (Å²) in [6.07, 6.45) is 7.12. The van der Waals surface area contributed by atoms with E-state index in [1.165, 1.54) is 17.8 Å². The normalized spacial score (nSPS) is 14.6. The molecule has 1 amide bonds. The Hall–Kier alpha value is -2.87. The van der Waals surface area contributed by atoms with Crippen LogP contribution in [0.25, 0.3) is 10.2 Å². The summed E-state index contributed by atoms with van der Waals surface area (Å²) in [4.78, 5) is 31.8. The fraction of sp³-hybridized carbons (Fsp3) is 0.409. The van der Waals surface area contributed by atoms with Gasteiger partial charge < -0.3 is 14.8 Å². The molecule has 8 heteroatoms. The highest BCUT2D eigenvalue weighted by molar-refractivity contribution is 7.20. The number of rotatable bonds is 5. The van der Waals surface area contributed by atoms with E-state index in [2.05, 4.69) is 10.3 Å². The molecule has 0 atom stereocenters.